The van der Waals surface area contributed by atoms with Crippen molar-refractivity contribution in [3.05, 3.63) is 40.1 Å². The number of aryl methyl sites for hydroxylation is 1. The van der Waals surface area contributed by atoms with Gasteiger partial charge in [-0.25, -0.2) is 4.98 Å². The Labute approximate surface area is 136 Å². The smallest absolute Gasteiger partial charge is 0.295 e. The summed E-state index contributed by atoms with van der Waals surface area (Å²) >= 11 is 0. The Bertz CT molecular complexity index is 726. The SMILES string of the molecule is Cc1cc(NCC(C)(C)CN(C)C)c2cccc([N+](=O)[O-])c2n1. The summed E-state index contributed by atoms with van der Waals surface area (Å²) in [7, 11) is 4.11. The Kier molecular flexibility index (Phi) is 4.85. The lowest BCUT2D eigenvalue weighted by molar-refractivity contribution is -0.383. The van der Waals surface area contributed by atoms with Crippen LogP contribution in [0.4, 0.5) is 11.4 Å². The summed E-state index contributed by atoms with van der Waals surface area (Å²) in [6.45, 7) is 7.96. The molecule has 0 unspecified atom stereocenters. The van der Waals surface area contributed by atoms with E-state index in [1.807, 2.05) is 19.1 Å². The third-order valence-corrected chi connectivity index (χ3v) is 3.64. The molecule has 0 radical (unpaired) electrons. The van der Waals surface area contributed by atoms with Crippen molar-refractivity contribution in [2.75, 3.05) is 32.5 Å². The Hall–Kier alpha value is -2.21. The molecular formula is C17H24N4O2. The number of nitrogens with zero attached hydrogens (tertiary/aromatic N) is 3. The fourth-order valence-electron chi connectivity index (χ4n) is 2.90. The van der Waals surface area contributed by atoms with Crippen molar-refractivity contribution < 1.29 is 4.92 Å². The fraction of sp³-hybridized carbons (Fsp3) is 0.471. The maximum absolute atomic E-state index is 11.2. The van der Waals surface area contributed by atoms with Crippen molar-refractivity contribution in [2.24, 2.45) is 5.41 Å². The first-order valence-corrected chi connectivity index (χ1v) is 7.63. The summed E-state index contributed by atoms with van der Waals surface area (Å²) in [4.78, 5) is 17.4. The summed E-state index contributed by atoms with van der Waals surface area (Å²) in [6, 6.07) is 7.01. The Morgan fingerprint density at radius 1 is 1.35 bits per heavy atom. The molecule has 2 rings (SSSR count). The number of non-ortho nitro benzene ring substituents is 1. The predicted octanol–water partition coefficient (Wildman–Crippen LogP) is 3.45. The lowest BCUT2D eigenvalue weighted by Gasteiger charge is -2.29. The monoisotopic (exact) mass is 316 g/mol. The lowest BCUT2D eigenvalue weighted by atomic mass is 9.92. The molecule has 1 aromatic carbocycles. The molecule has 0 atom stereocenters. The zero-order valence-corrected chi connectivity index (χ0v) is 14.4. The van der Waals surface area contributed by atoms with Crippen LogP contribution in [0.3, 0.4) is 0 Å². The molecule has 0 aliphatic heterocycles. The highest BCUT2D eigenvalue weighted by Crippen LogP contribution is 2.30. The van der Waals surface area contributed by atoms with Crippen LogP contribution < -0.4 is 5.32 Å². The first-order chi connectivity index (χ1) is 10.7. The van der Waals surface area contributed by atoms with Gasteiger partial charge in [0.15, 0.2) is 5.52 Å². The first kappa shape index (κ1) is 17.1. The van der Waals surface area contributed by atoms with Crippen LogP contribution in [0.2, 0.25) is 0 Å². The molecule has 0 aliphatic carbocycles. The number of aromatic nitrogens is 1. The number of nitro benzene ring substituents is 1. The van der Waals surface area contributed by atoms with E-state index in [1.54, 1.807) is 6.07 Å². The zero-order valence-electron chi connectivity index (χ0n) is 14.4. The molecule has 124 valence electrons. The van der Waals surface area contributed by atoms with Gasteiger partial charge in [-0.15, -0.1) is 0 Å². The molecule has 23 heavy (non-hydrogen) atoms. The van der Waals surface area contributed by atoms with Crippen molar-refractivity contribution in [3.8, 4) is 0 Å². The van der Waals surface area contributed by atoms with Gasteiger partial charge in [0.05, 0.1) is 4.92 Å². The van der Waals surface area contributed by atoms with Crippen molar-refractivity contribution in [2.45, 2.75) is 20.8 Å². The van der Waals surface area contributed by atoms with E-state index in [1.165, 1.54) is 6.07 Å². The number of fused-ring (bicyclic) bond motifs is 1. The van der Waals surface area contributed by atoms with Crippen LogP contribution >= 0.6 is 0 Å². The fourth-order valence-corrected chi connectivity index (χ4v) is 2.90. The number of pyridine rings is 1. The van der Waals surface area contributed by atoms with Crippen molar-refractivity contribution in [1.29, 1.82) is 0 Å². The largest absolute Gasteiger partial charge is 0.384 e. The Balaban J connectivity index is 2.38. The molecule has 0 fully saturated rings. The molecule has 6 heteroatoms. The summed E-state index contributed by atoms with van der Waals surface area (Å²) < 4.78 is 0. The quantitative estimate of drug-likeness (QED) is 0.653. The topological polar surface area (TPSA) is 71.3 Å². The van der Waals surface area contributed by atoms with Crippen molar-refractivity contribution >= 4 is 22.3 Å². The molecule has 1 N–H and O–H groups in total. The zero-order chi connectivity index (χ0) is 17.2. The molecule has 2 aromatic rings. The van der Waals surface area contributed by atoms with Gasteiger partial charge < -0.3 is 10.2 Å². The summed E-state index contributed by atoms with van der Waals surface area (Å²) in [5, 5.41) is 15.4. The Morgan fingerprint density at radius 2 is 2.04 bits per heavy atom. The van der Waals surface area contributed by atoms with E-state index < -0.39 is 0 Å². The number of rotatable bonds is 6. The summed E-state index contributed by atoms with van der Waals surface area (Å²) in [5.41, 5.74) is 2.21. The number of anilines is 1. The first-order valence-electron chi connectivity index (χ1n) is 7.63. The highest BCUT2D eigenvalue weighted by molar-refractivity contribution is 5.96. The third kappa shape index (κ3) is 4.16. The molecular weight excluding hydrogens is 292 g/mol. The van der Waals surface area contributed by atoms with Crippen LogP contribution in [-0.4, -0.2) is 42.0 Å². The van der Waals surface area contributed by atoms with Crippen LogP contribution in [-0.2, 0) is 0 Å². The van der Waals surface area contributed by atoms with E-state index in [-0.39, 0.29) is 16.0 Å². The molecule has 0 spiro atoms. The van der Waals surface area contributed by atoms with E-state index in [2.05, 4.69) is 43.1 Å². The average Bonchev–Trinajstić information content (AvgIpc) is 2.42. The molecule has 1 heterocycles. The van der Waals surface area contributed by atoms with Crippen LogP contribution in [0.5, 0.6) is 0 Å². The van der Waals surface area contributed by atoms with Crippen molar-refractivity contribution in [1.82, 2.24) is 9.88 Å². The minimum atomic E-state index is -0.380. The van der Waals surface area contributed by atoms with Crippen molar-refractivity contribution in [3.63, 3.8) is 0 Å². The number of benzene rings is 1. The highest BCUT2D eigenvalue weighted by Gasteiger charge is 2.20. The maximum atomic E-state index is 11.2. The Morgan fingerprint density at radius 3 is 2.65 bits per heavy atom. The summed E-state index contributed by atoms with van der Waals surface area (Å²) in [5.74, 6) is 0. The average molecular weight is 316 g/mol. The lowest BCUT2D eigenvalue weighted by Crippen LogP contribution is -2.34. The second kappa shape index (κ2) is 6.50. The normalized spacial score (nSPS) is 11.9. The van der Waals surface area contributed by atoms with Crippen LogP contribution in [0, 0.1) is 22.5 Å². The molecule has 0 amide bonds. The van der Waals surface area contributed by atoms with E-state index in [9.17, 15) is 10.1 Å². The predicted molar refractivity (Wildman–Crippen MR) is 94.0 cm³/mol. The van der Waals surface area contributed by atoms with Gasteiger partial charge in [-0.1, -0.05) is 26.0 Å². The molecule has 0 aliphatic rings. The van der Waals surface area contributed by atoms with E-state index in [4.69, 9.17) is 0 Å². The second-order valence-corrected chi connectivity index (χ2v) is 7.00. The number of nitrogens with one attached hydrogen (secondary N) is 1. The summed E-state index contributed by atoms with van der Waals surface area (Å²) in [6.07, 6.45) is 0. The van der Waals surface area contributed by atoms with Crippen LogP contribution in [0.15, 0.2) is 24.3 Å². The van der Waals surface area contributed by atoms with Gasteiger partial charge >= 0.3 is 0 Å². The van der Waals surface area contributed by atoms with Gasteiger partial charge in [-0.3, -0.25) is 10.1 Å². The minimum Gasteiger partial charge on any atom is -0.384 e. The third-order valence-electron chi connectivity index (χ3n) is 3.64. The molecule has 0 saturated carbocycles. The number of hydrogen-bond acceptors (Lipinski definition) is 5. The number of hydrogen-bond donors (Lipinski definition) is 1. The molecule has 6 nitrogen and oxygen atoms in total. The van der Waals surface area contributed by atoms with Gasteiger partial charge in [0.25, 0.3) is 5.69 Å². The maximum Gasteiger partial charge on any atom is 0.295 e. The van der Waals surface area contributed by atoms with Gasteiger partial charge in [-0.2, -0.15) is 0 Å². The van der Waals surface area contributed by atoms with Crippen LogP contribution in [0.25, 0.3) is 10.9 Å². The number of nitro groups is 1. The molecule has 1 aromatic heterocycles. The van der Waals surface area contributed by atoms with E-state index in [0.717, 1.165) is 29.9 Å². The van der Waals surface area contributed by atoms with E-state index >= 15 is 0 Å². The second-order valence-electron chi connectivity index (χ2n) is 7.00. The minimum absolute atomic E-state index is 0.0433. The van der Waals surface area contributed by atoms with E-state index in [0.29, 0.717) is 5.52 Å². The molecule has 0 saturated heterocycles. The highest BCUT2D eigenvalue weighted by atomic mass is 16.6. The number of para-hydroxylation sites is 1. The van der Waals surface area contributed by atoms with Gasteiger partial charge in [-0.05, 0) is 32.5 Å². The van der Waals surface area contributed by atoms with Gasteiger partial charge in [0.2, 0.25) is 0 Å². The van der Waals surface area contributed by atoms with Gasteiger partial charge in [0.1, 0.15) is 0 Å². The van der Waals surface area contributed by atoms with Gasteiger partial charge in [0, 0.05) is 35.9 Å². The van der Waals surface area contributed by atoms with Crippen LogP contribution in [0.1, 0.15) is 19.5 Å². The standard InChI is InChI=1S/C17H24N4O2/c1-12-9-14(18-10-17(2,3)11-20(4)5)13-7-6-8-15(21(22)23)16(13)19-12/h6-9H,10-11H2,1-5H3,(H,18,19). The molecule has 0 bridgehead atoms.